The van der Waals surface area contributed by atoms with Crippen molar-refractivity contribution >= 4 is 21.7 Å². The molecule has 0 atom stereocenters. The Balaban J connectivity index is 2.51. The molecule has 0 spiro atoms. The van der Waals surface area contributed by atoms with E-state index in [-0.39, 0.29) is 0 Å². The second-order valence-corrected chi connectivity index (χ2v) is 4.13. The lowest BCUT2D eigenvalue weighted by Gasteiger charge is -2.07. The molecule has 1 heterocycles. The maximum Gasteiger partial charge on any atom is 0.119 e. The molecule has 0 bridgehead atoms. The molecule has 2 heteroatoms. The largest absolute Gasteiger partial charge is 0.497 e. The summed E-state index contributed by atoms with van der Waals surface area (Å²) in [7, 11) is 1.69. The van der Waals surface area contributed by atoms with Crippen LogP contribution >= 0.6 is 0 Å². The highest BCUT2D eigenvalue weighted by molar-refractivity contribution is 6.06. The number of benzene rings is 2. The quantitative estimate of drug-likeness (QED) is 0.587. The molecule has 1 aromatic heterocycles. The molecule has 0 aliphatic carbocycles. The second-order valence-electron chi connectivity index (χ2n) is 4.13. The van der Waals surface area contributed by atoms with Crippen molar-refractivity contribution in [2.45, 2.75) is 6.92 Å². The van der Waals surface area contributed by atoms with Gasteiger partial charge in [-0.1, -0.05) is 24.3 Å². The van der Waals surface area contributed by atoms with Crippen LogP contribution in [0.2, 0.25) is 0 Å². The van der Waals surface area contributed by atoms with Crippen LogP contribution < -0.4 is 4.74 Å². The lowest BCUT2D eigenvalue weighted by Crippen LogP contribution is -1.89. The third-order valence-electron chi connectivity index (χ3n) is 3.10. The van der Waals surface area contributed by atoms with Gasteiger partial charge in [0, 0.05) is 16.5 Å². The summed E-state index contributed by atoms with van der Waals surface area (Å²) in [4.78, 5) is 4.62. The maximum absolute atomic E-state index is 5.27. The molecule has 0 fully saturated rings. The van der Waals surface area contributed by atoms with E-state index in [1.807, 2.05) is 31.2 Å². The SMILES string of the molecule is COc1ccc2nc(C)c3ccccc3c2c1. The summed E-state index contributed by atoms with van der Waals surface area (Å²) in [5.74, 6) is 0.869. The monoisotopic (exact) mass is 223 g/mol. The Morgan fingerprint density at radius 3 is 2.47 bits per heavy atom. The van der Waals surface area contributed by atoms with Gasteiger partial charge < -0.3 is 4.74 Å². The molecular formula is C15H13NO. The fourth-order valence-corrected chi connectivity index (χ4v) is 2.23. The molecule has 0 N–H and O–H groups in total. The molecule has 0 radical (unpaired) electrons. The van der Waals surface area contributed by atoms with E-state index in [0.29, 0.717) is 0 Å². The summed E-state index contributed by atoms with van der Waals surface area (Å²) in [6.07, 6.45) is 0. The van der Waals surface area contributed by atoms with Crippen molar-refractivity contribution in [3.05, 3.63) is 48.2 Å². The van der Waals surface area contributed by atoms with Crippen molar-refractivity contribution < 1.29 is 4.74 Å². The van der Waals surface area contributed by atoms with Gasteiger partial charge in [0.1, 0.15) is 5.75 Å². The first-order chi connectivity index (χ1) is 8.29. The van der Waals surface area contributed by atoms with Gasteiger partial charge in [-0.25, -0.2) is 0 Å². The highest BCUT2D eigenvalue weighted by atomic mass is 16.5. The topological polar surface area (TPSA) is 22.1 Å². The van der Waals surface area contributed by atoms with Gasteiger partial charge in [0.25, 0.3) is 0 Å². The minimum absolute atomic E-state index is 0.869. The number of aryl methyl sites for hydroxylation is 1. The van der Waals surface area contributed by atoms with Crippen molar-refractivity contribution in [2.24, 2.45) is 0 Å². The van der Waals surface area contributed by atoms with E-state index in [1.165, 1.54) is 10.8 Å². The number of methoxy groups -OCH3 is 1. The van der Waals surface area contributed by atoms with E-state index in [2.05, 4.69) is 23.2 Å². The van der Waals surface area contributed by atoms with Gasteiger partial charge in [0.2, 0.25) is 0 Å². The predicted octanol–water partition coefficient (Wildman–Crippen LogP) is 3.71. The van der Waals surface area contributed by atoms with Crippen LogP contribution in [0.25, 0.3) is 21.7 Å². The van der Waals surface area contributed by atoms with Crippen LogP contribution in [0.1, 0.15) is 5.69 Å². The van der Waals surface area contributed by atoms with E-state index < -0.39 is 0 Å². The van der Waals surface area contributed by atoms with E-state index in [1.54, 1.807) is 7.11 Å². The number of hydrogen-bond acceptors (Lipinski definition) is 2. The molecule has 3 aromatic rings. The maximum atomic E-state index is 5.27. The Kier molecular flexibility index (Phi) is 2.22. The normalized spacial score (nSPS) is 10.9. The fourth-order valence-electron chi connectivity index (χ4n) is 2.23. The Labute approximate surface area is 99.9 Å². The Morgan fingerprint density at radius 1 is 0.941 bits per heavy atom. The molecule has 0 aliphatic heterocycles. The van der Waals surface area contributed by atoms with Crippen molar-refractivity contribution in [1.29, 1.82) is 0 Å². The highest BCUT2D eigenvalue weighted by Crippen LogP contribution is 2.28. The third kappa shape index (κ3) is 1.53. The number of ether oxygens (including phenoxy) is 1. The Bertz CT molecular complexity index is 704. The number of nitrogens with zero attached hydrogens (tertiary/aromatic N) is 1. The zero-order chi connectivity index (χ0) is 11.8. The van der Waals surface area contributed by atoms with Crippen LogP contribution in [-0.4, -0.2) is 12.1 Å². The van der Waals surface area contributed by atoms with Crippen LogP contribution in [0.15, 0.2) is 42.5 Å². The number of pyridine rings is 1. The highest BCUT2D eigenvalue weighted by Gasteiger charge is 2.05. The Morgan fingerprint density at radius 2 is 1.71 bits per heavy atom. The molecular weight excluding hydrogens is 210 g/mol. The molecule has 0 saturated heterocycles. The van der Waals surface area contributed by atoms with Crippen LogP contribution in [0.5, 0.6) is 5.75 Å². The van der Waals surface area contributed by atoms with Gasteiger partial charge in [-0.15, -0.1) is 0 Å². The number of hydrogen-bond donors (Lipinski definition) is 0. The number of aromatic nitrogens is 1. The molecule has 3 rings (SSSR count). The van der Waals surface area contributed by atoms with Gasteiger partial charge in [0.15, 0.2) is 0 Å². The average Bonchev–Trinajstić information content (AvgIpc) is 2.39. The fraction of sp³-hybridized carbons (Fsp3) is 0.133. The van der Waals surface area contributed by atoms with E-state index in [9.17, 15) is 0 Å². The van der Waals surface area contributed by atoms with Gasteiger partial charge in [-0.2, -0.15) is 0 Å². The lowest BCUT2D eigenvalue weighted by atomic mass is 10.0. The van der Waals surface area contributed by atoms with E-state index >= 15 is 0 Å². The average molecular weight is 223 g/mol. The zero-order valence-electron chi connectivity index (χ0n) is 9.90. The van der Waals surface area contributed by atoms with Crippen LogP contribution in [0.4, 0.5) is 0 Å². The molecule has 17 heavy (non-hydrogen) atoms. The van der Waals surface area contributed by atoms with Crippen LogP contribution in [0, 0.1) is 6.92 Å². The van der Waals surface area contributed by atoms with Gasteiger partial charge in [-0.3, -0.25) is 4.98 Å². The molecule has 0 saturated carbocycles. The smallest absolute Gasteiger partial charge is 0.119 e. The van der Waals surface area contributed by atoms with Crippen molar-refractivity contribution in [1.82, 2.24) is 4.98 Å². The minimum atomic E-state index is 0.869. The first kappa shape index (κ1) is 10.1. The Hall–Kier alpha value is -2.09. The standard InChI is InChI=1S/C15H13NO/c1-10-12-5-3-4-6-13(12)14-9-11(17-2)7-8-15(14)16-10/h3-9H,1-2H3. The second kappa shape index (κ2) is 3.74. The lowest BCUT2D eigenvalue weighted by molar-refractivity contribution is 0.415. The third-order valence-corrected chi connectivity index (χ3v) is 3.10. The van der Waals surface area contributed by atoms with Gasteiger partial charge in [-0.05, 0) is 30.5 Å². The molecule has 0 unspecified atom stereocenters. The van der Waals surface area contributed by atoms with Crippen LogP contribution in [0.3, 0.4) is 0 Å². The number of fused-ring (bicyclic) bond motifs is 3. The first-order valence-corrected chi connectivity index (χ1v) is 5.62. The van der Waals surface area contributed by atoms with Gasteiger partial charge >= 0.3 is 0 Å². The van der Waals surface area contributed by atoms with E-state index in [4.69, 9.17) is 4.74 Å². The summed E-state index contributed by atoms with van der Waals surface area (Å²) in [5, 5.41) is 3.58. The summed E-state index contributed by atoms with van der Waals surface area (Å²) in [6.45, 7) is 2.05. The van der Waals surface area contributed by atoms with Crippen molar-refractivity contribution in [3.63, 3.8) is 0 Å². The molecule has 2 aromatic carbocycles. The van der Waals surface area contributed by atoms with Crippen LogP contribution in [-0.2, 0) is 0 Å². The molecule has 84 valence electrons. The van der Waals surface area contributed by atoms with Crippen molar-refractivity contribution in [2.75, 3.05) is 7.11 Å². The zero-order valence-corrected chi connectivity index (χ0v) is 9.90. The van der Waals surface area contributed by atoms with E-state index in [0.717, 1.165) is 22.3 Å². The predicted molar refractivity (Wildman–Crippen MR) is 70.5 cm³/mol. The first-order valence-electron chi connectivity index (χ1n) is 5.62. The number of rotatable bonds is 1. The minimum Gasteiger partial charge on any atom is -0.497 e. The summed E-state index contributed by atoms with van der Waals surface area (Å²) in [6, 6.07) is 14.3. The summed E-state index contributed by atoms with van der Waals surface area (Å²) >= 11 is 0. The summed E-state index contributed by atoms with van der Waals surface area (Å²) < 4.78 is 5.27. The summed E-state index contributed by atoms with van der Waals surface area (Å²) in [5.41, 5.74) is 2.08. The molecule has 0 amide bonds. The molecule has 0 aliphatic rings. The van der Waals surface area contributed by atoms with Crippen molar-refractivity contribution in [3.8, 4) is 5.75 Å². The molecule has 2 nitrogen and oxygen atoms in total. The van der Waals surface area contributed by atoms with Gasteiger partial charge in [0.05, 0.1) is 12.6 Å².